The van der Waals surface area contributed by atoms with Crippen molar-refractivity contribution in [3.05, 3.63) is 12.2 Å². The molecule has 0 aromatic carbocycles. The molecule has 1 nitrogen and oxygen atoms in total. The van der Waals surface area contributed by atoms with Gasteiger partial charge in [0.05, 0.1) is 6.61 Å². The monoisotopic (exact) mass is 384 g/mol. The molecular weight excluding hydrogens is 347 g/mol. The Morgan fingerprint density at radius 3 is 1.74 bits per heavy atom. The van der Waals surface area contributed by atoms with Crippen molar-refractivity contribution in [1.29, 1.82) is 0 Å². The fourth-order valence-electron chi connectivity index (χ4n) is 2.51. The zero-order valence-electron chi connectivity index (χ0n) is 16.5. The smallest absolute Gasteiger partial charge is 1.00 e. The minimum absolute atomic E-state index is 0. The molecular formula is C19H37KOS2. The van der Waals surface area contributed by atoms with Gasteiger partial charge in [-0.2, -0.15) is 0 Å². The molecule has 0 unspecified atom stereocenters. The van der Waals surface area contributed by atoms with Crippen LogP contribution >= 0.6 is 24.8 Å². The molecule has 0 saturated carbocycles. The first-order valence-corrected chi connectivity index (χ1v) is 10.1. The van der Waals surface area contributed by atoms with Crippen molar-refractivity contribution in [2.24, 2.45) is 0 Å². The van der Waals surface area contributed by atoms with Crippen LogP contribution in [0.2, 0.25) is 0 Å². The number of rotatable bonds is 16. The molecule has 23 heavy (non-hydrogen) atoms. The van der Waals surface area contributed by atoms with Gasteiger partial charge in [0.15, 0.2) is 0 Å². The molecule has 132 valence electrons. The Morgan fingerprint density at radius 1 is 0.826 bits per heavy atom. The average Bonchev–Trinajstić information content (AvgIpc) is 2.50. The maximum atomic E-state index is 5.15. The van der Waals surface area contributed by atoms with E-state index in [1.54, 1.807) is 0 Å². The van der Waals surface area contributed by atoms with Crippen LogP contribution in [-0.4, -0.2) is 11.0 Å². The summed E-state index contributed by atoms with van der Waals surface area (Å²) >= 11 is 8.67. The number of hydrogen-bond donors (Lipinski definition) is 1. The van der Waals surface area contributed by atoms with E-state index in [4.69, 9.17) is 17.0 Å². The van der Waals surface area contributed by atoms with Gasteiger partial charge < -0.3 is 6.16 Å². The molecule has 0 amide bonds. The first-order valence-electron chi connectivity index (χ1n) is 9.28. The van der Waals surface area contributed by atoms with Crippen molar-refractivity contribution in [3.8, 4) is 0 Å². The third-order valence-electron chi connectivity index (χ3n) is 3.88. The molecule has 0 heterocycles. The van der Waals surface area contributed by atoms with Crippen molar-refractivity contribution in [2.45, 2.75) is 96.8 Å². The summed E-state index contributed by atoms with van der Waals surface area (Å²) in [6, 6.07) is 0. The molecule has 0 N–H and O–H groups in total. The van der Waals surface area contributed by atoms with Gasteiger partial charge in [-0.1, -0.05) is 89.5 Å². The SMILES string of the molecule is CCCCCCCC/C=C\CCCCCCCCOC(=S)S.[H-].[K+]. The molecule has 0 saturated heterocycles. The summed E-state index contributed by atoms with van der Waals surface area (Å²) in [5, 5.41) is 0. The number of ether oxygens (including phenoxy) is 1. The number of allylic oxidation sites excluding steroid dienone is 2. The fraction of sp³-hybridized carbons (Fsp3) is 0.842. The second kappa shape index (κ2) is 23.6. The van der Waals surface area contributed by atoms with Gasteiger partial charge in [-0.3, -0.25) is 0 Å². The van der Waals surface area contributed by atoms with E-state index in [-0.39, 0.29) is 52.8 Å². The van der Waals surface area contributed by atoms with Crippen LogP contribution in [0.25, 0.3) is 0 Å². The maximum Gasteiger partial charge on any atom is 1.00 e. The van der Waals surface area contributed by atoms with Crippen LogP contribution < -0.4 is 51.4 Å². The van der Waals surface area contributed by atoms with E-state index >= 15 is 0 Å². The average molecular weight is 385 g/mol. The van der Waals surface area contributed by atoms with Gasteiger partial charge >= 0.3 is 51.4 Å². The summed E-state index contributed by atoms with van der Waals surface area (Å²) in [5.41, 5.74) is 0. The standard InChI is InChI=1S/C19H36OS2.K.H/c1-2-3-4-5-6-7-8-9-10-11-12-13-14-15-16-17-18-20-19(21)22;;/h9-10H,2-8,11-18H2,1H3,(H,21,22);;/q;+1;-1/b10-9-;;. The first kappa shape index (κ1) is 26.8. The zero-order valence-corrected chi connectivity index (χ0v) is 20.4. The van der Waals surface area contributed by atoms with Crippen LogP contribution in [0.3, 0.4) is 0 Å². The second-order valence-electron chi connectivity index (χ2n) is 6.05. The van der Waals surface area contributed by atoms with Crippen LogP contribution in [0, 0.1) is 0 Å². The summed E-state index contributed by atoms with van der Waals surface area (Å²) in [6.45, 7) is 3.00. The Kier molecular flexibility index (Phi) is 27.6. The van der Waals surface area contributed by atoms with Crippen LogP contribution in [-0.2, 0) is 4.74 Å². The summed E-state index contributed by atoms with van der Waals surface area (Å²) in [7, 11) is 0. The Hall–Kier alpha value is 1.62. The van der Waals surface area contributed by atoms with Crippen molar-refractivity contribution >= 4 is 29.2 Å². The van der Waals surface area contributed by atoms with Crippen molar-refractivity contribution in [2.75, 3.05) is 6.61 Å². The minimum atomic E-state index is 0. The topological polar surface area (TPSA) is 9.23 Å². The maximum absolute atomic E-state index is 5.15. The van der Waals surface area contributed by atoms with Crippen molar-refractivity contribution in [3.63, 3.8) is 0 Å². The number of thiocarbonyl (C=S) groups is 1. The van der Waals surface area contributed by atoms with Crippen LogP contribution in [0.4, 0.5) is 0 Å². The third-order valence-corrected chi connectivity index (χ3v) is 4.13. The molecule has 4 heteroatoms. The van der Waals surface area contributed by atoms with Crippen molar-refractivity contribution in [1.82, 2.24) is 0 Å². The van der Waals surface area contributed by atoms with Crippen LogP contribution in [0.1, 0.15) is 98.2 Å². The molecule has 0 aromatic rings. The molecule has 0 radical (unpaired) electrons. The van der Waals surface area contributed by atoms with E-state index in [1.807, 2.05) is 0 Å². The summed E-state index contributed by atoms with van der Waals surface area (Å²) < 4.78 is 5.52. The van der Waals surface area contributed by atoms with Gasteiger partial charge in [-0.05, 0) is 44.3 Å². The third kappa shape index (κ3) is 26.0. The normalized spacial score (nSPS) is 10.7. The number of unbranched alkanes of at least 4 members (excludes halogenated alkanes) is 12. The van der Waals surface area contributed by atoms with E-state index in [1.165, 1.54) is 83.5 Å². The van der Waals surface area contributed by atoms with Gasteiger partial charge in [-0.15, -0.1) is 0 Å². The molecule has 0 aromatic heterocycles. The summed E-state index contributed by atoms with van der Waals surface area (Å²) in [4.78, 5) is 0. The Morgan fingerprint density at radius 2 is 1.26 bits per heavy atom. The quantitative estimate of drug-likeness (QED) is 0.139. The van der Waals surface area contributed by atoms with Gasteiger partial charge in [0, 0.05) is 0 Å². The molecule has 0 aliphatic heterocycles. The van der Waals surface area contributed by atoms with Crippen molar-refractivity contribution < 1.29 is 57.5 Å². The molecule has 0 rings (SSSR count). The molecule has 0 aliphatic rings. The number of hydrogen-bond acceptors (Lipinski definition) is 2. The fourth-order valence-corrected chi connectivity index (χ4v) is 2.68. The Balaban J connectivity index is -0.00000220. The zero-order chi connectivity index (χ0) is 16.3. The van der Waals surface area contributed by atoms with E-state index in [0.717, 1.165) is 13.0 Å². The van der Waals surface area contributed by atoms with E-state index in [2.05, 4.69) is 31.7 Å². The molecule has 0 spiro atoms. The first-order chi connectivity index (χ1) is 10.8. The van der Waals surface area contributed by atoms with Gasteiger partial charge in [0.25, 0.3) is 0 Å². The van der Waals surface area contributed by atoms with Gasteiger partial charge in [-0.25, -0.2) is 0 Å². The predicted octanol–water partition coefficient (Wildman–Crippen LogP) is 4.37. The molecule has 0 bridgehead atoms. The molecule has 0 aliphatic carbocycles. The molecule has 0 fully saturated rings. The van der Waals surface area contributed by atoms with Crippen LogP contribution in [0.15, 0.2) is 12.2 Å². The summed E-state index contributed by atoms with van der Waals surface area (Å²) in [5.74, 6) is 0. The Bertz CT molecular complexity index is 276. The second-order valence-corrected chi connectivity index (χ2v) is 7.13. The van der Waals surface area contributed by atoms with Gasteiger partial charge in [0.2, 0.25) is 4.38 Å². The minimum Gasteiger partial charge on any atom is -1.00 e. The molecule has 0 atom stereocenters. The van der Waals surface area contributed by atoms with Gasteiger partial charge in [0.1, 0.15) is 0 Å². The van der Waals surface area contributed by atoms with E-state index in [9.17, 15) is 0 Å². The predicted molar refractivity (Wildman–Crippen MR) is 108 cm³/mol. The van der Waals surface area contributed by atoms with E-state index < -0.39 is 0 Å². The van der Waals surface area contributed by atoms with E-state index in [0.29, 0.717) is 4.38 Å². The summed E-state index contributed by atoms with van der Waals surface area (Å²) in [6.07, 6.45) is 23.4. The number of thiol groups is 1. The Labute approximate surface area is 200 Å². The van der Waals surface area contributed by atoms with Crippen LogP contribution in [0.5, 0.6) is 0 Å². The largest absolute Gasteiger partial charge is 1.00 e.